The molecule has 3 amide bonds. The third-order valence-corrected chi connectivity index (χ3v) is 1.15. The van der Waals surface area contributed by atoms with Crippen molar-refractivity contribution in [3.05, 3.63) is 0 Å². The van der Waals surface area contributed by atoms with Crippen LogP contribution in [0.15, 0.2) is 9.98 Å². The highest BCUT2D eigenvalue weighted by atomic mass is 16.2. The minimum Gasteiger partial charge on any atom is -0.369 e. The maximum absolute atomic E-state index is 11.0. The number of nitrogens with two attached hydrogens (primary N) is 1. The standard InChI is InChI=1S/C6H6N4O3/c1-2(11)8-3-4(12)9-6(7)10-5(3)13/h1H3,(H3,7,9,10,12,13). The van der Waals surface area contributed by atoms with E-state index >= 15 is 0 Å². The molecule has 0 unspecified atom stereocenters. The van der Waals surface area contributed by atoms with Gasteiger partial charge < -0.3 is 5.73 Å². The third-order valence-electron chi connectivity index (χ3n) is 1.15. The first-order valence-corrected chi connectivity index (χ1v) is 3.30. The minimum absolute atomic E-state index is 0.294. The Morgan fingerprint density at radius 1 is 1.54 bits per heavy atom. The van der Waals surface area contributed by atoms with Crippen molar-refractivity contribution in [3.8, 4) is 0 Å². The zero-order valence-electron chi connectivity index (χ0n) is 6.70. The lowest BCUT2D eigenvalue weighted by Crippen LogP contribution is -2.48. The van der Waals surface area contributed by atoms with Crippen molar-refractivity contribution in [3.63, 3.8) is 0 Å². The van der Waals surface area contributed by atoms with E-state index in [0.717, 1.165) is 6.92 Å². The summed E-state index contributed by atoms with van der Waals surface area (Å²) in [6.45, 7) is 1.12. The van der Waals surface area contributed by atoms with Crippen molar-refractivity contribution in [2.45, 2.75) is 6.92 Å². The van der Waals surface area contributed by atoms with Crippen LogP contribution in [0, 0.1) is 0 Å². The number of hydrogen-bond donors (Lipinski definition) is 2. The average Bonchev–Trinajstić information content (AvgIpc) is 1.96. The molecule has 3 N–H and O–H groups in total. The van der Waals surface area contributed by atoms with Crippen LogP contribution in [0.25, 0.3) is 0 Å². The predicted molar refractivity (Wildman–Crippen MR) is 42.9 cm³/mol. The summed E-state index contributed by atoms with van der Waals surface area (Å²) in [7, 11) is 0. The molecule has 0 atom stereocenters. The maximum Gasteiger partial charge on any atom is 0.304 e. The Hall–Kier alpha value is -2.05. The Kier molecular flexibility index (Phi) is 2.18. The SMILES string of the molecule is CC(=O)N=C1C(=O)N=C(N)NC1=O. The van der Waals surface area contributed by atoms with Crippen LogP contribution in [-0.2, 0) is 14.4 Å². The molecule has 0 saturated carbocycles. The zero-order chi connectivity index (χ0) is 10.0. The smallest absolute Gasteiger partial charge is 0.304 e. The van der Waals surface area contributed by atoms with Crippen LogP contribution in [0.5, 0.6) is 0 Å². The van der Waals surface area contributed by atoms with E-state index in [0.29, 0.717) is 0 Å². The van der Waals surface area contributed by atoms with Crippen LogP contribution >= 0.6 is 0 Å². The van der Waals surface area contributed by atoms with Gasteiger partial charge in [0.1, 0.15) is 0 Å². The number of guanidine groups is 1. The molecule has 1 aliphatic heterocycles. The Bertz CT molecular complexity index is 355. The van der Waals surface area contributed by atoms with Gasteiger partial charge in [0.15, 0.2) is 5.71 Å². The molecule has 0 saturated heterocycles. The van der Waals surface area contributed by atoms with Gasteiger partial charge in [-0.15, -0.1) is 0 Å². The summed E-state index contributed by atoms with van der Waals surface area (Å²) in [6.07, 6.45) is 0. The van der Waals surface area contributed by atoms with Crippen molar-refractivity contribution in [1.29, 1.82) is 0 Å². The fourth-order valence-corrected chi connectivity index (χ4v) is 0.719. The summed E-state index contributed by atoms with van der Waals surface area (Å²) in [5.41, 5.74) is 4.53. The first-order chi connectivity index (χ1) is 6.00. The molecule has 7 nitrogen and oxygen atoms in total. The van der Waals surface area contributed by atoms with Crippen LogP contribution in [0.4, 0.5) is 0 Å². The van der Waals surface area contributed by atoms with Crippen LogP contribution in [0.1, 0.15) is 6.92 Å². The van der Waals surface area contributed by atoms with Gasteiger partial charge in [-0.2, -0.15) is 4.99 Å². The Labute approximate surface area is 72.7 Å². The highest BCUT2D eigenvalue weighted by Gasteiger charge is 2.26. The number of hydrogen-bond acceptors (Lipinski definition) is 4. The van der Waals surface area contributed by atoms with E-state index in [4.69, 9.17) is 5.73 Å². The molecule has 7 heteroatoms. The molecule has 0 aromatic rings. The minimum atomic E-state index is -0.906. The van der Waals surface area contributed by atoms with Crippen molar-refractivity contribution in [1.82, 2.24) is 5.32 Å². The molecule has 0 aliphatic carbocycles. The van der Waals surface area contributed by atoms with Gasteiger partial charge in [0.25, 0.3) is 5.91 Å². The monoisotopic (exact) mass is 182 g/mol. The number of nitrogens with zero attached hydrogens (tertiary/aromatic N) is 2. The lowest BCUT2D eigenvalue weighted by Gasteiger charge is -2.08. The van der Waals surface area contributed by atoms with E-state index in [1.165, 1.54) is 0 Å². The second-order valence-electron chi connectivity index (χ2n) is 2.24. The van der Waals surface area contributed by atoms with Gasteiger partial charge >= 0.3 is 5.91 Å². The summed E-state index contributed by atoms with van der Waals surface area (Å²) in [6, 6.07) is 0. The van der Waals surface area contributed by atoms with Crippen LogP contribution < -0.4 is 11.1 Å². The Morgan fingerprint density at radius 3 is 2.62 bits per heavy atom. The fourth-order valence-electron chi connectivity index (χ4n) is 0.719. The van der Waals surface area contributed by atoms with E-state index in [-0.39, 0.29) is 5.96 Å². The highest BCUT2D eigenvalue weighted by Crippen LogP contribution is 1.92. The molecule has 0 fully saturated rings. The van der Waals surface area contributed by atoms with E-state index < -0.39 is 23.4 Å². The van der Waals surface area contributed by atoms with E-state index in [2.05, 4.69) is 15.3 Å². The molecule has 0 bridgehead atoms. The van der Waals surface area contributed by atoms with Crippen LogP contribution in [0.2, 0.25) is 0 Å². The van der Waals surface area contributed by atoms with Crippen molar-refractivity contribution < 1.29 is 14.4 Å². The van der Waals surface area contributed by atoms with Gasteiger partial charge in [-0.1, -0.05) is 0 Å². The summed E-state index contributed by atoms with van der Waals surface area (Å²) < 4.78 is 0. The first kappa shape index (κ1) is 9.04. The fraction of sp³-hybridized carbons (Fsp3) is 0.167. The summed E-state index contributed by atoms with van der Waals surface area (Å²) in [4.78, 5) is 38.8. The van der Waals surface area contributed by atoms with Gasteiger partial charge in [-0.05, 0) is 0 Å². The molecular weight excluding hydrogens is 176 g/mol. The topological polar surface area (TPSA) is 114 Å². The molecule has 68 valence electrons. The molecule has 1 heterocycles. The number of amides is 3. The van der Waals surface area contributed by atoms with Crippen molar-refractivity contribution in [2.24, 2.45) is 15.7 Å². The van der Waals surface area contributed by atoms with Gasteiger partial charge in [-0.25, -0.2) is 4.99 Å². The zero-order valence-corrected chi connectivity index (χ0v) is 6.70. The molecule has 1 rings (SSSR count). The largest absolute Gasteiger partial charge is 0.369 e. The van der Waals surface area contributed by atoms with Crippen molar-refractivity contribution >= 4 is 29.4 Å². The van der Waals surface area contributed by atoms with E-state index in [1.54, 1.807) is 0 Å². The summed E-state index contributed by atoms with van der Waals surface area (Å²) in [5, 5.41) is 2.05. The number of rotatable bonds is 0. The normalized spacial score (nSPS) is 19.8. The average molecular weight is 182 g/mol. The Morgan fingerprint density at radius 2 is 2.15 bits per heavy atom. The quantitative estimate of drug-likeness (QED) is 0.448. The third kappa shape index (κ3) is 1.95. The number of nitrogens with one attached hydrogen (secondary N) is 1. The summed E-state index contributed by atoms with van der Waals surface area (Å²) in [5.74, 6) is -2.66. The van der Waals surface area contributed by atoms with E-state index in [9.17, 15) is 14.4 Å². The highest BCUT2D eigenvalue weighted by molar-refractivity contribution is 6.69. The molecule has 0 aromatic carbocycles. The predicted octanol–water partition coefficient (Wildman–Crippen LogP) is -2.05. The van der Waals surface area contributed by atoms with Gasteiger partial charge in [0, 0.05) is 6.92 Å². The number of carbonyl (C=O) groups excluding carboxylic acids is 3. The van der Waals surface area contributed by atoms with Crippen molar-refractivity contribution in [2.75, 3.05) is 0 Å². The summed E-state index contributed by atoms with van der Waals surface area (Å²) >= 11 is 0. The maximum atomic E-state index is 11.0. The lowest BCUT2D eigenvalue weighted by molar-refractivity contribution is -0.119. The lowest BCUT2D eigenvalue weighted by atomic mass is 10.3. The van der Waals surface area contributed by atoms with E-state index in [1.807, 2.05) is 0 Å². The number of carbonyl (C=O) groups is 3. The second kappa shape index (κ2) is 3.13. The van der Waals surface area contributed by atoms with Crippen LogP contribution in [-0.4, -0.2) is 29.4 Å². The molecule has 0 spiro atoms. The first-order valence-electron chi connectivity index (χ1n) is 3.30. The molecular formula is C6H6N4O3. The molecule has 0 aromatic heterocycles. The van der Waals surface area contributed by atoms with Gasteiger partial charge in [-0.3, -0.25) is 19.7 Å². The number of aliphatic imine (C=N–C) groups is 2. The van der Waals surface area contributed by atoms with Gasteiger partial charge in [0.2, 0.25) is 11.9 Å². The molecule has 0 radical (unpaired) electrons. The molecule has 1 aliphatic rings. The van der Waals surface area contributed by atoms with Crippen LogP contribution in [0.3, 0.4) is 0 Å². The second-order valence-corrected chi connectivity index (χ2v) is 2.24. The van der Waals surface area contributed by atoms with Gasteiger partial charge in [0.05, 0.1) is 0 Å². The molecule has 13 heavy (non-hydrogen) atoms. The Balaban J connectivity index is 3.07.